The molecule has 3 fully saturated rings. The molecule has 4 heterocycles. The number of unbranched alkanes of at least 4 members (excludes halogenated alkanes) is 1. The summed E-state index contributed by atoms with van der Waals surface area (Å²) in [5.41, 5.74) is 1.80. The van der Waals surface area contributed by atoms with E-state index < -0.39 is 0 Å². The summed E-state index contributed by atoms with van der Waals surface area (Å²) < 4.78 is 1.87. The molecular formula is C34H53N5O2. The van der Waals surface area contributed by atoms with E-state index in [1.165, 1.54) is 57.8 Å². The van der Waals surface area contributed by atoms with Gasteiger partial charge in [0.1, 0.15) is 5.65 Å². The Hall–Kier alpha value is -2.41. The number of carbonyl (C=O) groups excluding carboxylic acids is 2. The second-order valence-electron chi connectivity index (χ2n) is 13.6. The minimum Gasteiger partial charge on any atom is -0.352 e. The van der Waals surface area contributed by atoms with Crippen LogP contribution in [0.1, 0.15) is 114 Å². The van der Waals surface area contributed by atoms with Gasteiger partial charge in [-0.1, -0.05) is 65.2 Å². The van der Waals surface area contributed by atoms with Crippen molar-refractivity contribution in [1.82, 2.24) is 24.9 Å². The van der Waals surface area contributed by atoms with Crippen molar-refractivity contribution in [3.05, 3.63) is 36.3 Å². The van der Waals surface area contributed by atoms with Crippen LogP contribution in [-0.4, -0.2) is 58.3 Å². The molecule has 0 radical (unpaired) electrons. The molecular weight excluding hydrogens is 510 g/mol. The number of likely N-dealkylation sites (tertiary alicyclic amines) is 1. The quantitative estimate of drug-likeness (QED) is 0.373. The molecule has 2 aromatic rings. The molecule has 5 rings (SSSR count). The van der Waals surface area contributed by atoms with Crippen LogP contribution in [0.15, 0.2) is 30.7 Å². The Balaban J connectivity index is 1.03. The van der Waals surface area contributed by atoms with Crippen LogP contribution in [0.3, 0.4) is 0 Å². The summed E-state index contributed by atoms with van der Waals surface area (Å²) in [5, 5.41) is 6.98. The fourth-order valence-corrected chi connectivity index (χ4v) is 8.21. The Bertz CT molecular complexity index is 1130. The number of fused-ring (bicyclic) bond motifs is 1. The van der Waals surface area contributed by atoms with Crippen LogP contribution in [0.25, 0.3) is 5.65 Å². The van der Waals surface area contributed by atoms with Crippen LogP contribution in [0.2, 0.25) is 0 Å². The van der Waals surface area contributed by atoms with Crippen LogP contribution >= 0.6 is 0 Å². The Morgan fingerprint density at radius 2 is 1.78 bits per heavy atom. The van der Waals surface area contributed by atoms with Crippen molar-refractivity contribution in [3.8, 4) is 0 Å². The average molecular weight is 564 g/mol. The first kappa shape index (κ1) is 30.1. The van der Waals surface area contributed by atoms with Crippen molar-refractivity contribution in [3.63, 3.8) is 0 Å². The van der Waals surface area contributed by atoms with Gasteiger partial charge in [0.2, 0.25) is 5.91 Å². The monoisotopic (exact) mass is 563 g/mol. The fraction of sp³-hybridized carbons (Fsp3) is 0.735. The van der Waals surface area contributed by atoms with Gasteiger partial charge < -0.3 is 19.9 Å². The summed E-state index contributed by atoms with van der Waals surface area (Å²) in [6, 6.07) is 4.25. The SMILES string of the molecule is CC(C)C1NCC(C(=O)N2CCC(CCCCNC(=O)c3ccc4nccn4c3)CC2)CC12CCCCCCCC2. The third-order valence-corrected chi connectivity index (χ3v) is 10.4. The van der Waals surface area contributed by atoms with Crippen molar-refractivity contribution >= 4 is 17.5 Å². The third kappa shape index (κ3) is 7.52. The topological polar surface area (TPSA) is 78.7 Å². The molecule has 2 aliphatic heterocycles. The molecule has 2 aromatic heterocycles. The van der Waals surface area contributed by atoms with Gasteiger partial charge in [-0.2, -0.15) is 0 Å². The molecule has 1 saturated carbocycles. The molecule has 0 aromatic carbocycles. The summed E-state index contributed by atoms with van der Waals surface area (Å²) in [6.45, 7) is 8.11. The third-order valence-electron chi connectivity index (χ3n) is 10.4. The first-order chi connectivity index (χ1) is 19.9. The second-order valence-corrected chi connectivity index (χ2v) is 13.6. The van der Waals surface area contributed by atoms with Gasteiger partial charge in [0, 0.05) is 50.8 Å². The Labute approximate surface area is 247 Å². The summed E-state index contributed by atoms with van der Waals surface area (Å²) >= 11 is 0. The predicted molar refractivity (Wildman–Crippen MR) is 165 cm³/mol. The number of nitrogens with zero attached hydrogens (tertiary/aromatic N) is 3. The number of nitrogens with one attached hydrogen (secondary N) is 2. The minimum absolute atomic E-state index is 0.0268. The minimum atomic E-state index is -0.0268. The Kier molecular flexibility index (Phi) is 10.4. The van der Waals surface area contributed by atoms with E-state index in [9.17, 15) is 9.59 Å². The van der Waals surface area contributed by atoms with Gasteiger partial charge in [-0.25, -0.2) is 4.98 Å². The van der Waals surface area contributed by atoms with Crippen LogP contribution < -0.4 is 10.6 Å². The molecule has 226 valence electrons. The van der Waals surface area contributed by atoms with E-state index in [1.807, 2.05) is 28.9 Å². The molecule has 2 saturated heterocycles. The zero-order valence-electron chi connectivity index (χ0n) is 25.6. The molecule has 7 nitrogen and oxygen atoms in total. The molecule has 2 unspecified atom stereocenters. The van der Waals surface area contributed by atoms with E-state index in [0.717, 1.165) is 57.4 Å². The number of pyridine rings is 1. The van der Waals surface area contributed by atoms with Crippen molar-refractivity contribution in [2.24, 2.45) is 23.2 Å². The summed E-state index contributed by atoms with van der Waals surface area (Å²) in [5.74, 6) is 1.83. The number of piperidine rings is 2. The standard InChI is InChI=1S/C34H53N5O2/c1-26(2)31-34(16-8-5-3-4-6-9-17-34)23-29(24-37-31)33(41)38-20-14-27(15-21-38)11-7-10-18-36-32(40)28-12-13-30-35-19-22-39(30)25-28/h12-13,19,22,25-27,29,31,37H,3-11,14-18,20-21,23-24H2,1-2H3,(H,36,40). The lowest BCUT2D eigenvalue weighted by atomic mass is 9.62. The lowest BCUT2D eigenvalue weighted by molar-refractivity contribution is -0.140. The Morgan fingerprint density at radius 3 is 2.51 bits per heavy atom. The maximum absolute atomic E-state index is 13.8. The largest absolute Gasteiger partial charge is 0.352 e. The number of hydrogen-bond acceptors (Lipinski definition) is 4. The zero-order chi connectivity index (χ0) is 28.7. The molecule has 1 aliphatic carbocycles. The van der Waals surface area contributed by atoms with Crippen LogP contribution in [-0.2, 0) is 4.79 Å². The molecule has 1 spiro atoms. The molecule has 2 N–H and O–H groups in total. The zero-order valence-corrected chi connectivity index (χ0v) is 25.6. The van der Waals surface area contributed by atoms with Crippen molar-refractivity contribution in [2.75, 3.05) is 26.2 Å². The average Bonchev–Trinajstić information content (AvgIpc) is 3.49. The Morgan fingerprint density at radius 1 is 1.05 bits per heavy atom. The maximum atomic E-state index is 13.8. The van der Waals surface area contributed by atoms with Gasteiger partial charge in [-0.3, -0.25) is 9.59 Å². The first-order valence-corrected chi connectivity index (χ1v) is 16.7. The lowest BCUT2D eigenvalue weighted by Crippen LogP contribution is -2.58. The van der Waals surface area contributed by atoms with Crippen molar-refractivity contribution < 1.29 is 9.59 Å². The van der Waals surface area contributed by atoms with E-state index >= 15 is 0 Å². The van der Waals surface area contributed by atoms with E-state index in [0.29, 0.717) is 35.9 Å². The van der Waals surface area contributed by atoms with E-state index in [-0.39, 0.29) is 17.2 Å². The summed E-state index contributed by atoms with van der Waals surface area (Å²) in [6.07, 6.45) is 22.7. The molecule has 2 amide bonds. The van der Waals surface area contributed by atoms with Crippen molar-refractivity contribution in [1.29, 1.82) is 0 Å². The number of hydrogen-bond donors (Lipinski definition) is 2. The van der Waals surface area contributed by atoms with E-state index in [4.69, 9.17) is 0 Å². The highest BCUT2D eigenvalue weighted by Crippen LogP contribution is 2.47. The van der Waals surface area contributed by atoms with Crippen LogP contribution in [0.5, 0.6) is 0 Å². The van der Waals surface area contributed by atoms with Gasteiger partial charge in [0.25, 0.3) is 5.91 Å². The highest BCUT2D eigenvalue weighted by Gasteiger charge is 2.46. The second kappa shape index (κ2) is 14.2. The number of amides is 2. The highest BCUT2D eigenvalue weighted by molar-refractivity contribution is 5.94. The van der Waals surface area contributed by atoms with Crippen molar-refractivity contribution in [2.45, 2.75) is 110 Å². The molecule has 0 bridgehead atoms. The van der Waals surface area contributed by atoms with Gasteiger partial charge in [0.15, 0.2) is 0 Å². The van der Waals surface area contributed by atoms with Crippen LogP contribution in [0.4, 0.5) is 0 Å². The van der Waals surface area contributed by atoms with E-state index in [1.54, 1.807) is 6.20 Å². The van der Waals surface area contributed by atoms with E-state index in [2.05, 4.69) is 34.4 Å². The number of carbonyl (C=O) groups is 2. The molecule has 3 aliphatic rings. The van der Waals surface area contributed by atoms with Gasteiger partial charge in [0.05, 0.1) is 11.5 Å². The summed E-state index contributed by atoms with van der Waals surface area (Å²) in [4.78, 5) is 32.7. The molecule has 7 heteroatoms. The number of imidazole rings is 1. The summed E-state index contributed by atoms with van der Waals surface area (Å²) in [7, 11) is 0. The number of rotatable bonds is 8. The van der Waals surface area contributed by atoms with Crippen LogP contribution in [0, 0.1) is 23.2 Å². The van der Waals surface area contributed by atoms with Gasteiger partial charge in [-0.05, 0) is 67.9 Å². The normalized spacial score (nSPS) is 24.2. The van der Waals surface area contributed by atoms with Gasteiger partial charge >= 0.3 is 0 Å². The lowest BCUT2D eigenvalue weighted by Gasteiger charge is -2.50. The first-order valence-electron chi connectivity index (χ1n) is 16.7. The fourth-order valence-electron chi connectivity index (χ4n) is 8.21. The molecule has 41 heavy (non-hydrogen) atoms. The number of aromatic nitrogens is 2. The maximum Gasteiger partial charge on any atom is 0.252 e. The van der Waals surface area contributed by atoms with Gasteiger partial charge in [-0.15, -0.1) is 0 Å². The smallest absolute Gasteiger partial charge is 0.252 e. The molecule has 2 atom stereocenters. The predicted octanol–water partition coefficient (Wildman–Crippen LogP) is 6.23. The highest BCUT2D eigenvalue weighted by atomic mass is 16.2.